The quantitative estimate of drug-likeness (QED) is 0.792. The van der Waals surface area contributed by atoms with Crippen molar-refractivity contribution in [3.63, 3.8) is 0 Å². The predicted molar refractivity (Wildman–Crippen MR) is 106 cm³/mol. The third-order valence-corrected chi connectivity index (χ3v) is 7.77. The number of aromatic amines is 1. The Kier molecular flexibility index (Phi) is 5.50. The van der Waals surface area contributed by atoms with Crippen LogP contribution in [0.2, 0.25) is 0 Å². The van der Waals surface area contributed by atoms with Gasteiger partial charge < -0.3 is 4.98 Å². The van der Waals surface area contributed by atoms with Gasteiger partial charge in [0, 0.05) is 31.2 Å². The summed E-state index contributed by atoms with van der Waals surface area (Å²) < 4.78 is 54.3. The monoisotopic (exact) mass is 438 g/mol. The smallest absolute Gasteiger partial charge is 0.254 e. The van der Waals surface area contributed by atoms with Gasteiger partial charge in [-0.2, -0.15) is 4.31 Å². The van der Waals surface area contributed by atoms with Crippen LogP contribution in [0.5, 0.6) is 0 Å². The van der Waals surface area contributed by atoms with E-state index in [1.807, 2.05) is 0 Å². The van der Waals surface area contributed by atoms with Crippen molar-refractivity contribution in [2.45, 2.75) is 56.6 Å². The summed E-state index contributed by atoms with van der Waals surface area (Å²) in [4.78, 5) is 22.0. The number of nitrogens with one attached hydrogen (secondary N) is 1. The molecular weight excluding hydrogens is 414 g/mol. The van der Waals surface area contributed by atoms with Gasteiger partial charge in [0.05, 0.1) is 16.6 Å². The van der Waals surface area contributed by atoms with E-state index in [0.717, 1.165) is 18.7 Å². The van der Waals surface area contributed by atoms with Gasteiger partial charge in [-0.1, -0.05) is 0 Å². The fourth-order valence-corrected chi connectivity index (χ4v) is 5.82. The van der Waals surface area contributed by atoms with Crippen LogP contribution in [-0.4, -0.2) is 46.7 Å². The molecule has 30 heavy (non-hydrogen) atoms. The van der Waals surface area contributed by atoms with Crippen molar-refractivity contribution in [3.05, 3.63) is 57.3 Å². The van der Waals surface area contributed by atoms with Gasteiger partial charge in [-0.15, -0.1) is 0 Å². The van der Waals surface area contributed by atoms with Gasteiger partial charge in [0.2, 0.25) is 10.0 Å². The van der Waals surface area contributed by atoms with E-state index in [-0.39, 0.29) is 17.0 Å². The van der Waals surface area contributed by atoms with Crippen LogP contribution < -0.4 is 5.56 Å². The molecule has 0 unspecified atom stereocenters. The SMILES string of the molecule is CC(C)N1CCc2c(nc([C@H]3CCCN3S(=O)(=O)c3ccc(F)c(F)c3)[nH]c2=O)C1. The van der Waals surface area contributed by atoms with Crippen LogP contribution >= 0.6 is 0 Å². The van der Waals surface area contributed by atoms with Crippen molar-refractivity contribution in [3.8, 4) is 0 Å². The van der Waals surface area contributed by atoms with E-state index < -0.39 is 27.7 Å². The zero-order valence-electron chi connectivity index (χ0n) is 16.9. The standard InChI is InChI=1S/C20H24F2N4O3S/c1-12(2)25-9-7-14-17(11-25)23-19(24-20(14)27)18-4-3-8-26(18)30(28,29)13-5-6-15(21)16(22)10-13/h5-6,10,12,18H,3-4,7-9,11H2,1-2H3,(H,23,24,27)/t18-/m1/s1. The summed E-state index contributed by atoms with van der Waals surface area (Å²) in [5.41, 5.74) is 1.07. The van der Waals surface area contributed by atoms with Gasteiger partial charge in [0.1, 0.15) is 5.82 Å². The predicted octanol–water partition coefficient (Wildman–Crippen LogP) is 2.34. The Hall–Kier alpha value is -2.17. The van der Waals surface area contributed by atoms with Crippen LogP contribution in [0.1, 0.15) is 49.8 Å². The van der Waals surface area contributed by atoms with Crippen LogP contribution in [0.15, 0.2) is 27.9 Å². The summed E-state index contributed by atoms with van der Waals surface area (Å²) >= 11 is 0. The van der Waals surface area contributed by atoms with Crippen LogP contribution in [0.3, 0.4) is 0 Å². The topological polar surface area (TPSA) is 86.4 Å². The van der Waals surface area contributed by atoms with E-state index in [1.165, 1.54) is 4.31 Å². The molecule has 1 aromatic heterocycles. The summed E-state index contributed by atoms with van der Waals surface area (Å²) in [6.45, 7) is 5.67. The average Bonchev–Trinajstić information content (AvgIpc) is 3.20. The van der Waals surface area contributed by atoms with Crippen LogP contribution in [-0.2, 0) is 23.0 Å². The highest BCUT2D eigenvalue weighted by Crippen LogP contribution is 2.35. The highest BCUT2D eigenvalue weighted by molar-refractivity contribution is 7.89. The molecule has 1 saturated heterocycles. The number of benzene rings is 1. The average molecular weight is 439 g/mol. The molecule has 2 aliphatic heterocycles. The molecule has 0 amide bonds. The number of H-pyrrole nitrogens is 1. The van der Waals surface area contributed by atoms with Gasteiger partial charge >= 0.3 is 0 Å². The maximum atomic E-state index is 13.6. The minimum Gasteiger partial charge on any atom is -0.309 e. The first-order valence-electron chi connectivity index (χ1n) is 10.0. The molecule has 1 N–H and O–H groups in total. The molecule has 0 spiro atoms. The molecule has 0 saturated carbocycles. The van der Waals surface area contributed by atoms with Crippen LogP contribution in [0.4, 0.5) is 8.78 Å². The van der Waals surface area contributed by atoms with Crippen LogP contribution in [0.25, 0.3) is 0 Å². The molecule has 10 heteroatoms. The third kappa shape index (κ3) is 3.67. The molecule has 2 aliphatic rings. The number of hydrogen-bond donors (Lipinski definition) is 1. The second-order valence-corrected chi connectivity index (χ2v) is 9.93. The molecular formula is C20H24F2N4O3S. The zero-order valence-corrected chi connectivity index (χ0v) is 17.7. The Morgan fingerprint density at radius 2 is 1.97 bits per heavy atom. The fraction of sp³-hybridized carbons (Fsp3) is 0.500. The number of fused-ring (bicyclic) bond motifs is 1. The Balaban J connectivity index is 1.70. The summed E-state index contributed by atoms with van der Waals surface area (Å²) in [7, 11) is -4.08. The Labute approximate surface area is 173 Å². The first-order valence-corrected chi connectivity index (χ1v) is 11.5. The van der Waals surface area contributed by atoms with Gasteiger partial charge in [-0.25, -0.2) is 22.2 Å². The maximum absolute atomic E-state index is 13.6. The molecule has 0 radical (unpaired) electrons. The molecule has 3 heterocycles. The molecule has 1 aromatic carbocycles. The van der Waals surface area contributed by atoms with E-state index in [0.29, 0.717) is 55.0 Å². The van der Waals surface area contributed by atoms with E-state index in [1.54, 1.807) is 0 Å². The Morgan fingerprint density at radius 3 is 2.67 bits per heavy atom. The Morgan fingerprint density at radius 1 is 1.20 bits per heavy atom. The second-order valence-electron chi connectivity index (χ2n) is 8.04. The van der Waals surface area contributed by atoms with Crippen molar-refractivity contribution in [1.29, 1.82) is 0 Å². The lowest BCUT2D eigenvalue weighted by Gasteiger charge is -2.31. The summed E-state index contributed by atoms with van der Waals surface area (Å²) in [5, 5.41) is 0. The van der Waals surface area contributed by atoms with E-state index in [4.69, 9.17) is 0 Å². The van der Waals surface area contributed by atoms with Gasteiger partial charge in [-0.05, 0) is 51.3 Å². The number of halogens is 2. The normalized spacial score (nSPS) is 20.6. The molecule has 0 bridgehead atoms. The Bertz CT molecular complexity index is 1130. The third-order valence-electron chi connectivity index (χ3n) is 5.87. The number of sulfonamides is 1. The number of aromatic nitrogens is 2. The highest BCUT2D eigenvalue weighted by Gasteiger charge is 2.38. The summed E-state index contributed by atoms with van der Waals surface area (Å²) in [5.74, 6) is -2.03. The number of rotatable bonds is 4. The van der Waals surface area contributed by atoms with Crippen LogP contribution in [0, 0.1) is 11.6 Å². The molecule has 1 fully saturated rings. The first-order chi connectivity index (χ1) is 14.2. The number of hydrogen-bond acceptors (Lipinski definition) is 5. The molecule has 4 rings (SSSR count). The zero-order chi connectivity index (χ0) is 21.6. The lowest BCUT2D eigenvalue weighted by molar-refractivity contribution is 0.198. The number of nitrogens with zero attached hydrogens (tertiary/aromatic N) is 3. The largest absolute Gasteiger partial charge is 0.309 e. The van der Waals surface area contributed by atoms with Gasteiger partial charge in [0.25, 0.3) is 5.56 Å². The summed E-state index contributed by atoms with van der Waals surface area (Å²) in [6.07, 6.45) is 1.66. The fourth-order valence-electron chi connectivity index (χ4n) is 4.15. The van der Waals surface area contributed by atoms with Crippen molar-refractivity contribution in [2.24, 2.45) is 0 Å². The minimum atomic E-state index is -4.08. The molecule has 162 valence electrons. The lowest BCUT2D eigenvalue weighted by Crippen LogP contribution is -2.40. The molecule has 2 aromatic rings. The van der Waals surface area contributed by atoms with Crippen molar-refractivity contribution in [2.75, 3.05) is 13.1 Å². The van der Waals surface area contributed by atoms with E-state index in [2.05, 4.69) is 28.7 Å². The van der Waals surface area contributed by atoms with Gasteiger partial charge in [-0.3, -0.25) is 9.69 Å². The highest BCUT2D eigenvalue weighted by atomic mass is 32.2. The van der Waals surface area contributed by atoms with Crippen molar-refractivity contribution in [1.82, 2.24) is 19.2 Å². The maximum Gasteiger partial charge on any atom is 0.254 e. The second kappa shape index (κ2) is 7.82. The first kappa shape index (κ1) is 21.1. The van der Waals surface area contributed by atoms with E-state index in [9.17, 15) is 22.0 Å². The lowest BCUT2D eigenvalue weighted by atomic mass is 10.0. The molecule has 0 aliphatic carbocycles. The van der Waals surface area contributed by atoms with Crippen molar-refractivity contribution < 1.29 is 17.2 Å². The minimum absolute atomic E-state index is 0.213. The molecule has 1 atom stereocenters. The molecule has 7 nitrogen and oxygen atoms in total. The van der Waals surface area contributed by atoms with E-state index >= 15 is 0 Å². The summed E-state index contributed by atoms with van der Waals surface area (Å²) in [6, 6.07) is 2.18. The van der Waals surface area contributed by atoms with Gasteiger partial charge in [0.15, 0.2) is 11.6 Å². The van der Waals surface area contributed by atoms with Crippen molar-refractivity contribution >= 4 is 10.0 Å².